The van der Waals surface area contributed by atoms with Crippen molar-refractivity contribution in [1.29, 1.82) is 0 Å². The van der Waals surface area contributed by atoms with Crippen LogP contribution in [0.25, 0.3) is 10.7 Å². The van der Waals surface area contributed by atoms with Crippen LogP contribution < -0.4 is 10.6 Å². The Morgan fingerprint density at radius 1 is 1.29 bits per heavy atom. The fraction of sp³-hybridized carbons (Fsp3) is 0.263. The van der Waals surface area contributed by atoms with Crippen molar-refractivity contribution < 1.29 is 9.53 Å². The maximum absolute atomic E-state index is 12.7. The van der Waals surface area contributed by atoms with Gasteiger partial charge in [-0.15, -0.1) is 23.7 Å². The Hall–Kier alpha value is -2.39. The minimum atomic E-state index is -0.177. The molecule has 28 heavy (non-hydrogen) atoms. The lowest BCUT2D eigenvalue weighted by Gasteiger charge is -2.24. The monoisotopic (exact) mass is 417 g/mol. The number of nitrogens with zero attached hydrogens (tertiary/aromatic N) is 3. The number of hydrogen-bond acceptors (Lipinski definition) is 7. The molecule has 146 valence electrons. The molecule has 0 bridgehead atoms. The predicted octanol–water partition coefficient (Wildman–Crippen LogP) is 3.24. The number of carbonyl (C=O) groups is 1. The van der Waals surface area contributed by atoms with Crippen LogP contribution in [0.2, 0.25) is 0 Å². The molecule has 0 unspecified atom stereocenters. The summed E-state index contributed by atoms with van der Waals surface area (Å²) in [5.41, 5.74) is 3.17. The summed E-state index contributed by atoms with van der Waals surface area (Å²) in [4.78, 5) is 26.0. The summed E-state index contributed by atoms with van der Waals surface area (Å²) in [7, 11) is 0. The maximum atomic E-state index is 12.7. The van der Waals surface area contributed by atoms with Crippen LogP contribution in [0.5, 0.6) is 0 Å². The van der Waals surface area contributed by atoms with Crippen LogP contribution >= 0.6 is 23.7 Å². The van der Waals surface area contributed by atoms with E-state index in [0.717, 1.165) is 24.3 Å². The first kappa shape index (κ1) is 20.3. The minimum Gasteiger partial charge on any atom is -0.371 e. The zero-order chi connectivity index (χ0) is 18.6. The second-order valence-corrected chi connectivity index (χ2v) is 7.16. The van der Waals surface area contributed by atoms with E-state index in [0.29, 0.717) is 27.9 Å². The zero-order valence-electron chi connectivity index (χ0n) is 15.2. The van der Waals surface area contributed by atoms with E-state index in [4.69, 9.17) is 4.74 Å². The van der Waals surface area contributed by atoms with Crippen molar-refractivity contribution in [1.82, 2.24) is 20.3 Å². The predicted molar refractivity (Wildman–Crippen MR) is 111 cm³/mol. The normalized spacial score (nSPS) is 16.2. The molecule has 0 radical (unpaired) electrons. The van der Waals surface area contributed by atoms with Crippen molar-refractivity contribution in [3.63, 3.8) is 0 Å². The van der Waals surface area contributed by atoms with E-state index in [-0.39, 0.29) is 24.4 Å². The quantitative estimate of drug-likeness (QED) is 0.677. The summed E-state index contributed by atoms with van der Waals surface area (Å²) in [5, 5.41) is 6.93. The average Bonchev–Trinajstić information content (AvgIpc) is 3.12. The minimum absolute atomic E-state index is 0. The molecule has 1 aliphatic heterocycles. The van der Waals surface area contributed by atoms with Crippen LogP contribution in [0, 0.1) is 6.92 Å². The number of ether oxygens (including phenoxy) is 1. The topological polar surface area (TPSA) is 89.0 Å². The van der Waals surface area contributed by atoms with Crippen molar-refractivity contribution in [2.24, 2.45) is 0 Å². The Morgan fingerprint density at radius 3 is 2.79 bits per heavy atom. The standard InChI is InChI=1S/C19H19N5O2S.ClH/c1-12-17(27-19(23-12)15-10-20-6-7-22-15)18(25)24-14-4-2-13(3-5-14)16-11-21-8-9-26-16;/h2-7,10,16,21H,8-9,11H2,1H3,(H,24,25);1H/t16-;/m0./s1. The molecule has 7 nitrogen and oxygen atoms in total. The van der Waals surface area contributed by atoms with E-state index in [9.17, 15) is 4.79 Å². The maximum Gasteiger partial charge on any atom is 0.267 e. The number of nitrogens with one attached hydrogen (secondary N) is 2. The van der Waals surface area contributed by atoms with E-state index in [1.165, 1.54) is 11.3 Å². The van der Waals surface area contributed by atoms with E-state index < -0.39 is 0 Å². The van der Waals surface area contributed by atoms with Gasteiger partial charge in [-0.05, 0) is 24.6 Å². The lowest BCUT2D eigenvalue weighted by atomic mass is 10.1. The van der Waals surface area contributed by atoms with E-state index >= 15 is 0 Å². The molecule has 1 atom stereocenters. The van der Waals surface area contributed by atoms with Gasteiger partial charge >= 0.3 is 0 Å². The Morgan fingerprint density at radius 2 is 2.11 bits per heavy atom. The third-order valence-electron chi connectivity index (χ3n) is 4.25. The Kier molecular flexibility index (Phi) is 6.69. The molecule has 1 fully saturated rings. The largest absolute Gasteiger partial charge is 0.371 e. The average molecular weight is 418 g/mol. The van der Waals surface area contributed by atoms with Gasteiger partial charge in [0, 0.05) is 31.2 Å². The fourth-order valence-electron chi connectivity index (χ4n) is 2.87. The summed E-state index contributed by atoms with van der Waals surface area (Å²) >= 11 is 1.31. The first-order chi connectivity index (χ1) is 13.2. The van der Waals surface area contributed by atoms with Crippen molar-refractivity contribution in [3.8, 4) is 10.7 Å². The summed E-state index contributed by atoms with van der Waals surface area (Å²) in [6, 6.07) is 7.76. The van der Waals surface area contributed by atoms with Gasteiger partial charge < -0.3 is 15.4 Å². The summed E-state index contributed by atoms with van der Waals surface area (Å²) < 4.78 is 5.75. The molecular weight excluding hydrogens is 398 g/mol. The molecule has 0 spiro atoms. The number of aromatic nitrogens is 3. The first-order valence-electron chi connectivity index (χ1n) is 8.68. The first-order valence-corrected chi connectivity index (χ1v) is 9.50. The number of benzene rings is 1. The van der Waals surface area contributed by atoms with Crippen molar-refractivity contribution in [2.75, 3.05) is 25.0 Å². The molecule has 9 heteroatoms. The van der Waals surface area contributed by atoms with Gasteiger partial charge in [-0.3, -0.25) is 14.8 Å². The zero-order valence-corrected chi connectivity index (χ0v) is 16.8. The van der Waals surface area contributed by atoms with E-state index in [2.05, 4.69) is 25.6 Å². The summed E-state index contributed by atoms with van der Waals surface area (Å²) in [6.07, 6.45) is 4.91. The van der Waals surface area contributed by atoms with Gasteiger partial charge in [0.05, 0.1) is 24.6 Å². The highest BCUT2D eigenvalue weighted by atomic mass is 35.5. The molecular formula is C19H20ClN5O2S. The molecule has 4 rings (SSSR count). The number of aryl methyl sites for hydroxylation is 1. The van der Waals surface area contributed by atoms with E-state index in [1.54, 1.807) is 18.6 Å². The molecule has 1 amide bonds. The number of morpholine rings is 1. The number of halogens is 1. The molecule has 1 saturated heterocycles. The molecule has 1 aliphatic rings. The van der Waals surface area contributed by atoms with Crippen molar-refractivity contribution in [3.05, 3.63) is 59.0 Å². The highest BCUT2D eigenvalue weighted by molar-refractivity contribution is 7.17. The number of amides is 1. The lowest BCUT2D eigenvalue weighted by Crippen LogP contribution is -2.33. The van der Waals surface area contributed by atoms with Gasteiger partial charge in [0.25, 0.3) is 5.91 Å². The van der Waals surface area contributed by atoms with Gasteiger partial charge in [0.2, 0.25) is 0 Å². The van der Waals surface area contributed by atoms with Crippen molar-refractivity contribution >= 4 is 35.3 Å². The summed E-state index contributed by atoms with van der Waals surface area (Å²) in [6.45, 7) is 4.22. The number of thiazole rings is 1. The van der Waals surface area contributed by atoms with Crippen LogP contribution in [0.3, 0.4) is 0 Å². The molecule has 1 aromatic carbocycles. The van der Waals surface area contributed by atoms with Gasteiger partial charge in [-0.2, -0.15) is 0 Å². The third-order valence-corrected chi connectivity index (χ3v) is 5.43. The second kappa shape index (κ2) is 9.20. The summed E-state index contributed by atoms with van der Waals surface area (Å²) in [5.74, 6) is -0.177. The molecule has 3 aromatic rings. The molecule has 2 aromatic heterocycles. The lowest BCUT2D eigenvalue weighted by molar-refractivity contribution is 0.0277. The van der Waals surface area contributed by atoms with Crippen LogP contribution in [-0.4, -0.2) is 40.6 Å². The Balaban J connectivity index is 0.00000225. The molecule has 0 aliphatic carbocycles. The fourth-order valence-corrected chi connectivity index (χ4v) is 3.80. The van der Waals surface area contributed by atoms with Crippen LogP contribution in [0.1, 0.15) is 27.0 Å². The van der Waals surface area contributed by atoms with Gasteiger partial charge in [0.1, 0.15) is 15.6 Å². The number of carbonyl (C=O) groups excluding carboxylic acids is 1. The van der Waals surface area contributed by atoms with Crippen LogP contribution in [0.4, 0.5) is 5.69 Å². The number of rotatable bonds is 4. The molecule has 3 heterocycles. The second-order valence-electron chi connectivity index (χ2n) is 6.16. The van der Waals surface area contributed by atoms with Gasteiger partial charge in [-0.1, -0.05) is 12.1 Å². The highest BCUT2D eigenvalue weighted by Gasteiger charge is 2.18. The Bertz CT molecular complexity index is 927. The van der Waals surface area contributed by atoms with Gasteiger partial charge in [0.15, 0.2) is 0 Å². The van der Waals surface area contributed by atoms with Crippen LogP contribution in [-0.2, 0) is 4.74 Å². The SMILES string of the molecule is Cc1nc(-c2cnccn2)sc1C(=O)Nc1ccc([C@@H]2CNCCO2)cc1.Cl. The van der Waals surface area contributed by atoms with Crippen LogP contribution in [0.15, 0.2) is 42.9 Å². The highest BCUT2D eigenvalue weighted by Crippen LogP contribution is 2.27. The van der Waals surface area contributed by atoms with Crippen molar-refractivity contribution in [2.45, 2.75) is 13.0 Å². The Labute approximate surface area is 173 Å². The van der Waals surface area contributed by atoms with Gasteiger partial charge in [-0.25, -0.2) is 4.98 Å². The number of hydrogen-bond donors (Lipinski definition) is 2. The smallest absolute Gasteiger partial charge is 0.267 e. The molecule has 2 N–H and O–H groups in total. The third kappa shape index (κ3) is 4.53. The number of anilines is 1. The van der Waals surface area contributed by atoms with E-state index in [1.807, 2.05) is 31.2 Å². The molecule has 0 saturated carbocycles.